The molecule has 82 valence electrons. The number of para-hydroxylation sites is 1. The third-order valence-corrected chi connectivity index (χ3v) is 1.78. The first-order chi connectivity index (χ1) is 7.65. The highest BCUT2D eigenvalue weighted by molar-refractivity contribution is 5.72. The summed E-state index contributed by atoms with van der Waals surface area (Å²) in [4.78, 5) is 20.9. The Bertz CT molecular complexity index is 470. The Morgan fingerprint density at radius 2 is 2.19 bits per heavy atom. The summed E-state index contributed by atoms with van der Waals surface area (Å²) in [5.74, 6) is 4.62. The van der Waals surface area contributed by atoms with E-state index in [1.54, 1.807) is 12.1 Å². The van der Waals surface area contributed by atoms with Crippen LogP contribution in [0.2, 0.25) is 0 Å². The highest BCUT2D eigenvalue weighted by Gasteiger charge is 2.09. The van der Waals surface area contributed by atoms with Gasteiger partial charge in [-0.2, -0.15) is 0 Å². The van der Waals surface area contributed by atoms with Crippen LogP contribution in [0.3, 0.4) is 0 Å². The van der Waals surface area contributed by atoms with Gasteiger partial charge >= 0.3 is 5.97 Å². The SMILES string of the molecule is COC(=O)CC#Cc1ccccc1[N+](=O)[O-]. The Hall–Kier alpha value is -2.35. The number of hydrogen-bond donors (Lipinski definition) is 0. The van der Waals surface area contributed by atoms with Crippen molar-refractivity contribution < 1.29 is 14.5 Å². The fraction of sp³-hybridized carbons (Fsp3) is 0.182. The Morgan fingerprint density at radius 1 is 1.50 bits per heavy atom. The summed E-state index contributed by atoms with van der Waals surface area (Å²) in [6, 6.07) is 6.10. The molecule has 0 N–H and O–H groups in total. The van der Waals surface area contributed by atoms with Crippen LogP contribution in [0.15, 0.2) is 24.3 Å². The van der Waals surface area contributed by atoms with Crippen LogP contribution in [-0.4, -0.2) is 18.0 Å². The number of methoxy groups -OCH3 is 1. The predicted octanol–water partition coefficient (Wildman–Crippen LogP) is 1.51. The predicted molar refractivity (Wildman–Crippen MR) is 56.6 cm³/mol. The maximum Gasteiger partial charge on any atom is 0.317 e. The number of nitrogens with zero attached hydrogens (tertiary/aromatic N) is 1. The molecule has 0 heterocycles. The van der Waals surface area contributed by atoms with Crippen molar-refractivity contribution in [3.05, 3.63) is 39.9 Å². The van der Waals surface area contributed by atoms with E-state index in [2.05, 4.69) is 16.6 Å². The molecule has 0 radical (unpaired) electrons. The average Bonchev–Trinajstić information content (AvgIpc) is 2.29. The number of benzene rings is 1. The summed E-state index contributed by atoms with van der Waals surface area (Å²) >= 11 is 0. The Morgan fingerprint density at radius 3 is 2.81 bits per heavy atom. The number of ether oxygens (including phenoxy) is 1. The normalized spacial score (nSPS) is 8.81. The number of esters is 1. The lowest BCUT2D eigenvalue weighted by Crippen LogP contribution is -1.97. The lowest BCUT2D eigenvalue weighted by Gasteiger charge is -1.93. The molecule has 1 aromatic rings. The fourth-order valence-corrected chi connectivity index (χ4v) is 1.02. The maximum absolute atomic E-state index is 10.8. The van der Waals surface area contributed by atoms with Gasteiger partial charge in [0.15, 0.2) is 0 Å². The second-order valence-electron chi connectivity index (χ2n) is 2.83. The van der Waals surface area contributed by atoms with E-state index in [4.69, 9.17) is 0 Å². The molecule has 0 amide bonds. The zero-order chi connectivity index (χ0) is 12.0. The Labute approximate surface area is 92.2 Å². The molecule has 0 aliphatic rings. The molecule has 1 aromatic carbocycles. The molecular formula is C11H9NO4. The minimum Gasteiger partial charge on any atom is -0.468 e. The maximum atomic E-state index is 10.8. The van der Waals surface area contributed by atoms with Crippen LogP contribution >= 0.6 is 0 Å². The van der Waals surface area contributed by atoms with Crippen molar-refractivity contribution in [3.63, 3.8) is 0 Å². The number of nitro groups is 1. The van der Waals surface area contributed by atoms with Crippen molar-refractivity contribution >= 4 is 11.7 Å². The summed E-state index contributed by atoms with van der Waals surface area (Å²) in [6.07, 6.45) is -0.0808. The Kier molecular flexibility index (Phi) is 4.04. The molecular weight excluding hydrogens is 210 g/mol. The van der Waals surface area contributed by atoms with Crippen LogP contribution in [-0.2, 0) is 9.53 Å². The third kappa shape index (κ3) is 3.10. The number of carbonyl (C=O) groups excluding carboxylic acids is 1. The molecule has 0 aromatic heterocycles. The molecule has 0 bridgehead atoms. The van der Waals surface area contributed by atoms with E-state index in [-0.39, 0.29) is 17.7 Å². The largest absolute Gasteiger partial charge is 0.468 e. The molecule has 1 rings (SSSR count). The van der Waals surface area contributed by atoms with E-state index in [0.717, 1.165) is 0 Å². The molecule has 0 aliphatic carbocycles. The van der Waals surface area contributed by atoms with Gasteiger partial charge in [-0.3, -0.25) is 14.9 Å². The molecule has 0 aliphatic heterocycles. The molecule has 0 spiro atoms. The van der Waals surface area contributed by atoms with E-state index in [1.807, 2.05) is 0 Å². The first kappa shape index (κ1) is 11.7. The quantitative estimate of drug-likeness (QED) is 0.327. The van der Waals surface area contributed by atoms with Crippen molar-refractivity contribution in [1.29, 1.82) is 0 Å². The second-order valence-corrected chi connectivity index (χ2v) is 2.83. The summed E-state index contributed by atoms with van der Waals surface area (Å²) in [6.45, 7) is 0. The topological polar surface area (TPSA) is 69.4 Å². The summed E-state index contributed by atoms with van der Waals surface area (Å²) in [5.41, 5.74) is 0.219. The van der Waals surface area contributed by atoms with E-state index < -0.39 is 10.9 Å². The van der Waals surface area contributed by atoms with Gasteiger partial charge in [-0.25, -0.2) is 0 Å². The number of rotatable bonds is 2. The second kappa shape index (κ2) is 5.51. The lowest BCUT2D eigenvalue weighted by molar-refractivity contribution is -0.385. The van der Waals surface area contributed by atoms with Crippen LogP contribution in [0.4, 0.5) is 5.69 Å². The number of hydrogen-bond acceptors (Lipinski definition) is 4. The van der Waals surface area contributed by atoms with Gasteiger partial charge in [0.25, 0.3) is 5.69 Å². The van der Waals surface area contributed by atoms with Gasteiger partial charge < -0.3 is 4.74 Å². The molecule has 0 saturated heterocycles. The minimum absolute atomic E-state index is 0.0696. The molecule has 5 nitrogen and oxygen atoms in total. The average molecular weight is 219 g/mol. The van der Waals surface area contributed by atoms with Gasteiger partial charge in [0.1, 0.15) is 12.0 Å². The minimum atomic E-state index is -0.512. The van der Waals surface area contributed by atoms with Gasteiger partial charge in [0.2, 0.25) is 0 Å². The molecule has 0 saturated carbocycles. The van der Waals surface area contributed by atoms with Crippen molar-refractivity contribution in [2.75, 3.05) is 7.11 Å². The fourth-order valence-electron chi connectivity index (χ4n) is 1.02. The standard InChI is InChI=1S/C11H9NO4/c1-16-11(13)8-4-6-9-5-2-3-7-10(9)12(14)15/h2-3,5,7H,8H2,1H3. The summed E-state index contributed by atoms with van der Waals surface area (Å²) in [5, 5.41) is 10.6. The van der Waals surface area contributed by atoms with E-state index >= 15 is 0 Å². The van der Waals surface area contributed by atoms with E-state index in [1.165, 1.54) is 19.2 Å². The lowest BCUT2D eigenvalue weighted by atomic mass is 10.2. The van der Waals surface area contributed by atoms with Crippen LogP contribution in [0.1, 0.15) is 12.0 Å². The van der Waals surface area contributed by atoms with Gasteiger partial charge in [-0.05, 0) is 6.07 Å². The van der Waals surface area contributed by atoms with Gasteiger partial charge in [0, 0.05) is 6.07 Å². The van der Waals surface area contributed by atoms with Crippen molar-refractivity contribution in [2.24, 2.45) is 0 Å². The zero-order valence-electron chi connectivity index (χ0n) is 8.60. The van der Waals surface area contributed by atoms with Gasteiger partial charge in [-0.15, -0.1) is 0 Å². The van der Waals surface area contributed by atoms with Gasteiger partial charge in [-0.1, -0.05) is 24.0 Å². The first-order valence-electron chi connectivity index (χ1n) is 4.44. The summed E-state index contributed by atoms with van der Waals surface area (Å²) in [7, 11) is 1.26. The molecule has 0 unspecified atom stereocenters. The first-order valence-corrected chi connectivity index (χ1v) is 4.44. The zero-order valence-corrected chi connectivity index (χ0v) is 8.60. The van der Waals surface area contributed by atoms with Gasteiger partial charge in [0.05, 0.1) is 12.0 Å². The number of nitro benzene ring substituents is 1. The monoisotopic (exact) mass is 219 g/mol. The molecule has 0 atom stereocenters. The highest BCUT2D eigenvalue weighted by atomic mass is 16.6. The Balaban J connectivity index is 2.88. The van der Waals surface area contributed by atoms with Crippen LogP contribution in [0, 0.1) is 22.0 Å². The molecule has 16 heavy (non-hydrogen) atoms. The van der Waals surface area contributed by atoms with E-state index in [0.29, 0.717) is 0 Å². The van der Waals surface area contributed by atoms with Crippen LogP contribution < -0.4 is 0 Å². The van der Waals surface area contributed by atoms with Crippen LogP contribution in [0.25, 0.3) is 0 Å². The van der Waals surface area contributed by atoms with Crippen molar-refractivity contribution in [1.82, 2.24) is 0 Å². The highest BCUT2D eigenvalue weighted by Crippen LogP contribution is 2.15. The number of carbonyl (C=O) groups is 1. The smallest absolute Gasteiger partial charge is 0.317 e. The molecule has 0 fully saturated rings. The summed E-state index contributed by atoms with van der Waals surface area (Å²) < 4.78 is 4.39. The van der Waals surface area contributed by atoms with Crippen molar-refractivity contribution in [2.45, 2.75) is 6.42 Å². The van der Waals surface area contributed by atoms with Crippen LogP contribution in [0.5, 0.6) is 0 Å². The molecule has 5 heteroatoms. The van der Waals surface area contributed by atoms with Crippen molar-refractivity contribution in [3.8, 4) is 11.8 Å². The van der Waals surface area contributed by atoms with E-state index in [9.17, 15) is 14.9 Å². The third-order valence-electron chi connectivity index (χ3n) is 1.78.